The maximum absolute atomic E-state index is 14.8. The van der Waals surface area contributed by atoms with E-state index in [4.69, 9.17) is 5.73 Å². The van der Waals surface area contributed by atoms with Crippen LogP contribution in [0.1, 0.15) is 16.8 Å². The summed E-state index contributed by atoms with van der Waals surface area (Å²) in [6.45, 7) is 1.11. The van der Waals surface area contributed by atoms with E-state index in [1.54, 1.807) is 7.05 Å². The number of nitrogens with two attached hydrogens (primary N) is 1. The molecule has 2 aromatic heterocycles. The minimum Gasteiger partial charge on any atom is -0.477 e. The Bertz CT molecular complexity index is 1130. The number of fused-ring (bicyclic) bond motifs is 1. The smallest absolute Gasteiger partial charge is 0.341 e. The van der Waals surface area contributed by atoms with Crippen molar-refractivity contribution < 1.29 is 14.3 Å². The topological polar surface area (TPSA) is 119 Å². The van der Waals surface area contributed by atoms with Gasteiger partial charge in [-0.1, -0.05) is 0 Å². The number of aryl methyl sites for hydroxylation is 1. The standard InChI is InChI=1S/C17H17FN6O3.ClH/c1-22-17(20-8-21-22)24-7-11(16(26)27)15(25)10-4-12(18)14(5-13(10)24)23-3-2-9(19)6-23;/h4-5,7-9H,2-3,6,19H2,1H3,(H,26,27);1H/t9-;/m0./s1. The number of carbonyl (C=O) groups is 1. The van der Waals surface area contributed by atoms with E-state index in [2.05, 4.69) is 10.1 Å². The first-order valence-corrected chi connectivity index (χ1v) is 8.34. The SMILES string of the molecule is Cl.Cn1ncnc1-n1cc(C(=O)O)c(=O)c2cc(F)c(N3CC[C@H](N)C3)cc21. The first-order valence-electron chi connectivity index (χ1n) is 8.34. The van der Waals surface area contributed by atoms with Crippen molar-refractivity contribution in [3.63, 3.8) is 0 Å². The van der Waals surface area contributed by atoms with E-state index in [1.165, 1.54) is 27.8 Å². The zero-order valence-corrected chi connectivity index (χ0v) is 15.7. The van der Waals surface area contributed by atoms with Gasteiger partial charge in [0, 0.05) is 32.4 Å². The number of hydrogen-bond donors (Lipinski definition) is 2. The molecule has 9 nitrogen and oxygen atoms in total. The number of nitrogens with zero attached hydrogens (tertiary/aromatic N) is 5. The number of carboxylic acids is 1. The van der Waals surface area contributed by atoms with Gasteiger partial charge in [-0.2, -0.15) is 10.1 Å². The van der Waals surface area contributed by atoms with Crippen molar-refractivity contribution in [1.82, 2.24) is 19.3 Å². The number of aromatic nitrogens is 4. The van der Waals surface area contributed by atoms with Gasteiger partial charge < -0.3 is 15.7 Å². The van der Waals surface area contributed by atoms with E-state index < -0.39 is 22.8 Å². The highest BCUT2D eigenvalue weighted by Crippen LogP contribution is 2.28. The summed E-state index contributed by atoms with van der Waals surface area (Å²) < 4.78 is 17.6. The van der Waals surface area contributed by atoms with Gasteiger partial charge in [0.25, 0.3) is 0 Å². The average molecular weight is 409 g/mol. The number of anilines is 1. The molecule has 3 heterocycles. The molecule has 1 saturated heterocycles. The molecule has 1 aromatic carbocycles. The lowest BCUT2D eigenvalue weighted by Gasteiger charge is -2.20. The van der Waals surface area contributed by atoms with Gasteiger partial charge in [-0.3, -0.25) is 9.36 Å². The quantitative estimate of drug-likeness (QED) is 0.661. The molecular weight excluding hydrogens is 391 g/mol. The summed E-state index contributed by atoms with van der Waals surface area (Å²) in [7, 11) is 1.64. The van der Waals surface area contributed by atoms with E-state index in [-0.39, 0.29) is 23.8 Å². The van der Waals surface area contributed by atoms with Crippen molar-refractivity contribution in [2.45, 2.75) is 12.5 Å². The molecule has 4 rings (SSSR count). The largest absolute Gasteiger partial charge is 0.477 e. The second kappa shape index (κ2) is 7.21. The molecule has 3 aromatic rings. The van der Waals surface area contributed by atoms with E-state index in [0.29, 0.717) is 30.2 Å². The predicted molar refractivity (Wildman–Crippen MR) is 103 cm³/mol. The van der Waals surface area contributed by atoms with Crippen LogP contribution in [0.5, 0.6) is 0 Å². The molecule has 0 spiro atoms. The Morgan fingerprint density at radius 3 is 2.71 bits per heavy atom. The lowest BCUT2D eigenvalue weighted by atomic mass is 10.1. The third-order valence-electron chi connectivity index (χ3n) is 4.77. The summed E-state index contributed by atoms with van der Waals surface area (Å²) in [5.74, 6) is -1.69. The maximum Gasteiger partial charge on any atom is 0.341 e. The maximum atomic E-state index is 14.8. The highest BCUT2D eigenvalue weighted by atomic mass is 35.5. The molecule has 0 aliphatic carbocycles. The van der Waals surface area contributed by atoms with Crippen molar-refractivity contribution >= 4 is 35.0 Å². The summed E-state index contributed by atoms with van der Waals surface area (Å²) in [6, 6.07) is 2.57. The Kier molecular flexibility index (Phi) is 5.09. The van der Waals surface area contributed by atoms with Crippen molar-refractivity contribution in [1.29, 1.82) is 0 Å². The Balaban J connectivity index is 0.00000225. The molecule has 28 heavy (non-hydrogen) atoms. The van der Waals surface area contributed by atoms with Crippen molar-refractivity contribution in [2.75, 3.05) is 18.0 Å². The number of pyridine rings is 1. The number of rotatable bonds is 3. The van der Waals surface area contributed by atoms with E-state index in [9.17, 15) is 19.1 Å². The Labute approximate surface area is 164 Å². The number of halogens is 2. The van der Waals surface area contributed by atoms with E-state index >= 15 is 0 Å². The molecule has 1 fully saturated rings. The number of hydrogen-bond acceptors (Lipinski definition) is 6. The van der Waals surface area contributed by atoms with Gasteiger partial charge in [-0.15, -0.1) is 12.4 Å². The first kappa shape index (κ1) is 19.8. The predicted octanol–water partition coefficient (Wildman–Crippen LogP) is 0.916. The van der Waals surface area contributed by atoms with Gasteiger partial charge in [-0.05, 0) is 18.6 Å². The minimum absolute atomic E-state index is 0. The number of aromatic carboxylic acids is 1. The number of carboxylic acid groups (broad SMARTS) is 1. The third kappa shape index (κ3) is 3.10. The Morgan fingerprint density at radius 2 is 2.14 bits per heavy atom. The molecule has 0 saturated carbocycles. The molecule has 3 N–H and O–H groups in total. The molecule has 0 unspecified atom stereocenters. The van der Waals surface area contributed by atoms with Crippen LogP contribution in [0.25, 0.3) is 16.9 Å². The zero-order valence-electron chi connectivity index (χ0n) is 14.9. The van der Waals surface area contributed by atoms with Gasteiger partial charge in [0.2, 0.25) is 11.4 Å². The lowest BCUT2D eigenvalue weighted by molar-refractivity contribution is 0.0695. The van der Waals surface area contributed by atoms with Crippen LogP contribution in [-0.4, -0.2) is 49.5 Å². The molecule has 1 aliphatic rings. The van der Waals surface area contributed by atoms with Crippen LogP contribution in [0.2, 0.25) is 0 Å². The minimum atomic E-state index is -1.40. The van der Waals surface area contributed by atoms with Crippen LogP contribution in [0.3, 0.4) is 0 Å². The molecule has 0 radical (unpaired) electrons. The number of benzene rings is 1. The molecule has 0 bridgehead atoms. The summed E-state index contributed by atoms with van der Waals surface area (Å²) in [5.41, 5.74) is 5.36. The third-order valence-corrected chi connectivity index (χ3v) is 4.77. The first-order chi connectivity index (χ1) is 12.9. The lowest BCUT2D eigenvalue weighted by Crippen LogP contribution is -2.27. The summed E-state index contributed by atoms with van der Waals surface area (Å²) in [6.07, 6.45) is 3.24. The van der Waals surface area contributed by atoms with Crippen molar-refractivity contribution in [2.24, 2.45) is 12.8 Å². The van der Waals surface area contributed by atoms with Crippen molar-refractivity contribution in [3.8, 4) is 5.95 Å². The molecule has 1 atom stereocenters. The zero-order chi connectivity index (χ0) is 19.3. The van der Waals surface area contributed by atoms with Crippen molar-refractivity contribution in [3.05, 3.63) is 46.3 Å². The molecule has 11 heteroatoms. The molecule has 0 amide bonds. The normalized spacial score (nSPS) is 16.4. The molecular formula is C17H18ClFN6O3. The van der Waals surface area contributed by atoms with Crippen LogP contribution in [-0.2, 0) is 7.05 Å². The van der Waals surface area contributed by atoms with Gasteiger partial charge in [-0.25, -0.2) is 13.9 Å². The molecule has 1 aliphatic heterocycles. The van der Waals surface area contributed by atoms with E-state index in [1.807, 2.05) is 4.90 Å². The highest BCUT2D eigenvalue weighted by Gasteiger charge is 2.25. The monoisotopic (exact) mass is 408 g/mol. The van der Waals surface area contributed by atoms with Gasteiger partial charge in [0.05, 0.1) is 16.6 Å². The average Bonchev–Trinajstić information content (AvgIpc) is 3.23. The fourth-order valence-electron chi connectivity index (χ4n) is 3.41. The van der Waals surface area contributed by atoms with Gasteiger partial charge in [0.1, 0.15) is 17.7 Å². The highest BCUT2D eigenvalue weighted by molar-refractivity contribution is 5.94. The molecule has 148 valence electrons. The summed E-state index contributed by atoms with van der Waals surface area (Å²) in [5, 5.41) is 13.3. The second-order valence-electron chi connectivity index (χ2n) is 6.55. The van der Waals surface area contributed by atoms with E-state index in [0.717, 1.165) is 12.5 Å². The Hall–Kier alpha value is -2.98. The van der Waals surface area contributed by atoms with Crippen LogP contribution >= 0.6 is 12.4 Å². The summed E-state index contributed by atoms with van der Waals surface area (Å²) >= 11 is 0. The second-order valence-corrected chi connectivity index (χ2v) is 6.55. The van der Waals surface area contributed by atoms with Gasteiger partial charge >= 0.3 is 5.97 Å². The van der Waals surface area contributed by atoms with Crippen LogP contribution in [0.4, 0.5) is 10.1 Å². The van der Waals surface area contributed by atoms with Crippen LogP contribution < -0.4 is 16.1 Å². The fraction of sp³-hybridized carbons (Fsp3) is 0.294. The van der Waals surface area contributed by atoms with Crippen LogP contribution in [0.15, 0.2) is 29.5 Å². The van der Waals surface area contributed by atoms with Gasteiger partial charge in [0.15, 0.2) is 0 Å². The Morgan fingerprint density at radius 1 is 1.39 bits per heavy atom. The fourth-order valence-corrected chi connectivity index (χ4v) is 3.41. The van der Waals surface area contributed by atoms with Crippen LogP contribution in [0, 0.1) is 5.82 Å². The summed E-state index contributed by atoms with van der Waals surface area (Å²) in [4.78, 5) is 30.0.